The predicted molar refractivity (Wildman–Crippen MR) is 35.8 cm³/mol. The lowest BCUT2D eigenvalue weighted by molar-refractivity contribution is -0.129. The highest BCUT2D eigenvalue weighted by Gasteiger charge is 2.20. The topological polar surface area (TPSA) is 35.5 Å². The van der Waals surface area contributed by atoms with Gasteiger partial charge >= 0.3 is 0 Å². The molecule has 3 heteroatoms. The summed E-state index contributed by atoms with van der Waals surface area (Å²) in [6.45, 7) is 3.66. The van der Waals surface area contributed by atoms with Crippen molar-refractivity contribution in [3.63, 3.8) is 0 Å². The molecule has 0 bridgehead atoms. The number of hydrogen-bond acceptors (Lipinski definition) is 3. The third-order valence-corrected chi connectivity index (χ3v) is 1.64. The fourth-order valence-corrected chi connectivity index (χ4v) is 0.897. The molecule has 1 heterocycles. The van der Waals surface area contributed by atoms with Gasteiger partial charge in [0.15, 0.2) is 0 Å². The van der Waals surface area contributed by atoms with E-state index in [0.29, 0.717) is 19.8 Å². The first-order valence-electron chi connectivity index (χ1n) is 3.49. The van der Waals surface area contributed by atoms with Crippen molar-refractivity contribution in [1.29, 1.82) is 0 Å². The van der Waals surface area contributed by atoms with E-state index in [0.717, 1.165) is 6.29 Å². The summed E-state index contributed by atoms with van der Waals surface area (Å²) < 4.78 is 10.4. The molecule has 0 aliphatic carbocycles. The van der Waals surface area contributed by atoms with E-state index in [1.54, 1.807) is 0 Å². The van der Waals surface area contributed by atoms with Crippen LogP contribution < -0.4 is 0 Å². The van der Waals surface area contributed by atoms with Gasteiger partial charge in [0.25, 0.3) is 0 Å². The fraction of sp³-hybridized carbons (Fsp3) is 0.857. The van der Waals surface area contributed by atoms with Gasteiger partial charge in [-0.25, -0.2) is 0 Å². The van der Waals surface area contributed by atoms with Crippen molar-refractivity contribution in [2.75, 3.05) is 19.8 Å². The summed E-state index contributed by atoms with van der Waals surface area (Å²) in [5, 5.41) is 0. The minimum atomic E-state index is -0.0414. The maximum Gasteiger partial charge on any atom is 0.125 e. The molecule has 2 atom stereocenters. The van der Waals surface area contributed by atoms with Crippen LogP contribution in [0.4, 0.5) is 0 Å². The van der Waals surface area contributed by atoms with Crippen LogP contribution in [0.5, 0.6) is 0 Å². The van der Waals surface area contributed by atoms with Crippen molar-refractivity contribution in [3.8, 4) is 0 Å². The van der Waals surface area contributed by atoms with Crippen LogP contribution in [0.2, 0.25) is 0 Å². The van der Waals surface area contributed by atoms with Gasteiger partial charge in [-0.3, -0.25) is 0 Å². The van der Waals surface area contributed by atoms with Gasteiger partial charge in [-0.1, -0.05) is 6.92 Å². The molecular weight excluding hydrogens is 132 g/mol. The van der Waals surface area contributed by atoms with Crippen LogP contribution in [0.15, 0.2) is 0 Å². The summed E-state index contributed by atoms with van der Waals surface area (Å²) in [5.74, 6) is -0.0414. The molecule has 1 aliphatic heterocycles. The van der Waals surface area contributed by atoms with E-state index in [1.165, 1.54) is 0 Å². The maximum atomic E-state index is 10.3. The molecule has 58 valence electrons. The Balaban J connectivity index is 2.30. The lowest BCUT2D eigenvalue weighted by Crippen LogP contribution is -2.34. The van der Waals surface area contributed by atoms with E-state index in [4.69, 9.17) is 9.47 Å². The first-order valence-corrected chi connectivity index (χ1v) is 3.49. The zero-order valence-electron chi connectivity index (χ0n) is 6.08. The van der Waals surface area contributed by atoms with Gasteiger partial charge in [-0.2, -0.15) is 0 Å². The summed E-state index contributed by atoms with van der Waals surface area (Å²) in [7, 11) is 0. The summed E-state index contributed by atoms with van der Waals surface area (Å²) in [6, 6.07) is 0. The summed E-state index contributed by atoms with van der Waals surface area (Å²) in [5.41, 5.74) is 0. The number of aldehydes is 1. The molecule has 3 nitrogen and oxygen atoms in total. The third-order valence-electron chi connectivity index (χ3n) is 1.64. The molecule has 0 radical (unpaired) electrons. The molecule has 0 aromatic rings. The van der Waals surface area contributed by atoms with Crippen LogP contribution in [0, 0.1) is 5.92 Å². The first kappa shape index (κ1) is 7.69. The smallest absolute Gasteiger partial charge is 0.125 e. The third kappa shape index (κ3) is 1.78. The quantitative estimate of drug-likeness (QED) is 0.521. The molecular formula is C7H12O3. The van der Waals surface area contributed by atoms with E-state index in [-0.39, 0.29) is 12.0 Å². The van der Waals surface area contributed by atoms with Crippen LogP contribution in [0.1, 0.15) is 6.92 Å². The number of rotatable bonds is 2. The van der Waals surface area contributed by atoms with Crippen LogP contribution >= 0.6 is 0 Å². The molecule has 0 spiro atoms. The average molecular weight is 144 g/mol. The van der Waals surface area contributed by atoms with Gasteiger partial charge in [-0.15, -0.1) is 0 Å². The monoisotopic (exact) mass is 144 g/mol. The lowest BCUT2D eigenvalue weighted by Gasteiger charge is -2.24. The summed E-state index contributed by atoms with van der Waals surface area (Å²) in [6.07, 6.45) is 0.880. The van der Waals surface area contributed by atoms with E-state index >= 15 is 0 Å². The molecule has 0 N–H and O–H groups in total. The standard InChI is InChI=1S/C7H12O3/c1-6(4-8)7-5-9-2-3-10-7/h4,6-7H,2-3,5H2,1H3. The van der Waals surface area contributed by atoms with Crippen LogP contribution in [0.25, 0.3) is 0 Å². The van der Waals surface area contributed by atoms with Crippen molar-refractivity contribution < 1.29 is 14.3 Å². The van der Waals surface area contributed by atoms with E-state index in [2.05, 4.69) is 0 Å². The van der Waals surface area contributed by atoms with Gasteiger partial charge in [0.1, 0.15) is 6.29 Å². The molecule has 10 heavy (non-hydrogen) atoms. The Hall–Kier alpha value is -0.410. The second-order valence-electron chi connectivity index (χ2n) is 2.48. The van der Waals surface area contributed by atoms with Gasteiger partial charge in [0, 0.05) is 5.92 Å². The molecule has 0 aromatic carbocycles. The average Bonchev–Trinajstić information content (AvgIpc) is 2.05. The molecule has 2 unspecified atom stereocenters. The normalized spacial score (nSPS) is 29.5. The molecule has 1 rings (SSSR count). The molecule has 0 saturated carbocycles. The largest absolute Gasteiger partial charge is 0.376 e. The molecule has 0 amide bonds. The SMILES string of the molecule is CC(C=O)C1COCCO1. The Kier molecular flexibility index (Phi) is 2.83. The number of hydrogen-bond donors (Lipinski definition) is 0. The predicted octanol–water partition coefficient (Wildman–Crippen LogP) is 0.237. The van der Waals surface area contributed by atoms with Crippen LogP contribution in [0.3, 0.4) is 0 Å². The second kappa shape index (κ2) is 3.68. The minimum absolute atomic E-state index is 0.0220. The van der Waals surface area contributed by atoms with Gasteiger partial charge in [0.2, 0.25) is 0 Å². The highest BCUT2D eigenvalue weighted by Crippen LogP contribution is 2.08. The Morgan fingerprint density at radius 3 is 2.90 bits per heavy atom. The Bertz CT molecular complexity index is 107. The highest BCUT2D eigenvalue weighted by molar-refractivity contribution is 5.53. The first-order chi connectivity index (χ1) is 4.84. The zero-order valence-corrected chi connectivity index (χ0v) is 6.08. The Morgan fingerprint density at radius 2 is 2.40 bits per heavy atom. The lowest BCUT2D eigenvalue weighted by atomic mass is 10.1. The Morgan fingerprint density at radius 1 is 1.60 bits per heavy atom. The van der Waals surface area contributed by atoms with Crippen LogP contribution in [-0.4, -0.2) is 32.2 Å². The van der Waals surface area contributed by atoms with Gasteiger partial charge in [0.05, 0.1) is 25.9 Å². The molecule has 1 fully saturated rings. The maximum absolute atomic E-state index is 10.3. The van der Waals surface area contributed by atoms with Crippen molar-refractivity contribution in [2.45, 2.75) is 13.0 Å². The van der Waals surface area contributed by atoms with E-state index < -0.39 is 0 Å². The van der Waals surface area contributed by atoms with Crippen molar-refractivity contribution >= 4 is 6.29 Å². The zero-order chi connectivity index (χ0) is 7.40. The van der Waals surface area contributed by atoms with Crippen molar-refractivity contribution in [1.82, 2.24) is 0 Å². The van der Waals surface area contributed by atoms with Gasteiger partial charge < -0.3 is 14.3 Å². The molecule has 1 saturated heterocycles. The Labute approximate surface area is 60.3 Å². The van der Waals surface area contributed by atoms with Crippen LogP contribution in [-0.2, 0) is 14.3 Å². The number of carbonyl (C=O) groups is 1. The van der Waals surface area contributed by atoms with E-state index in [9.17, 15) is 4.79 Å². The minimum Gasteiger partial charge on any atom is -0.376 e. The van der Waals surface area contributed by atoms with Crippen molar-refractivity contribution in [2.24, 2.45) is 5.92 Å². The second-order valence-corrected chi connectivity index (χ2v) is 2.48. The number of carbonyl (C=O) groups excluding carboxylic acids is 1. The summed E-state index contributed by atoms with van der Waals surface area (Å²) >= 11 is 0. The molecule has 1 aliphatic rings. The highest BCUT2D eigenvalue weighted by atomic mass is 16.6. The number of ether oxygens (including phenoxy) is 2. The summed E-state index contributed by atoms with van der Waals surface area (Å²) in [4.78, 5) is 10.3. The fourth-order valence-electron chi connectivity index (χ4n) is 0.897. The molecule has 0 aromatic heterocycles. The van der Waals surface area contributed by atoms with Crippen molar-refractivity contribution in [3.05, 3.63) is 0 Å². The van der Waals surface area contributed by atoms with E-state index in [1.807, 2.05) is 6.92 Å². The van der Waals surface area contributed by atoms with Gasteiger partial charge in [-0.05, 0) is 0 Å².